The first-order valence-corrected chi connectivity index (χ1v) is 7.12. The summed E-state index contributed by atoms with van der Waals surface area (Å²) in [4.78, 5) is 25.8. The van der Waals surface area contributed by atoms with Gasteiger partial charge in [0.1, 0.15) is 11.6 Å². The molecule has 0 radical (unpaired) electrons. The van der Waals surface area contributed by atoms with Crippen LogP contribution in [0.5, 0.6) is 0 Å². The van der Waals surface area contributed by atoms with Crippen molar-refractivity contribution in [1.82, 2.24) is 10.2 Å². The van der Waals surface area contributed by atoms with Gasteiger partial charge < -0.3 is 10.1 Å². The minimum Gasteiger partial charge on any atom is -0.466 e. The summed E-state index contributed by atoms with van der Waals surface area (Å²) in [6, 6.07) is 1.35. The van der Waals surface area contributed by atoms with Gasteiger partial charge in [-0.05, 0) is 32.9 Å². The second kappa shape index (κ2) is 6.36. The molecule has 1 N–H and O–H groups in total. The van der Waals surface area contributed by atoms with Gasteiger partial charge >= 0.3 is 12.0 Å². The van der Waals surface area contributed by atoms with Gasteiger partial charge in [-0.2, -0.15) is 0 Å². The average Bonchev–Trinajstić information content (AvgIpc) is 2.45. The highest BCUT2D eigenvalue weighted by Crippen LogP contribution is 2.34. The predicted octanol–water partition coefficient (Wildman–Crippen LogP) is 2.89. The van der Waals surface area contributed by atoms with Gasteiger partial charge in [0, 0.05) is 11.7 Å². The van der Waals surface area contributed by atoms with E-state index in [1.165, 1.54) is 18.1 Å². The molecule has 1 aliphatic heterocycles. The van der Waals surface area contributed by atoms with Crippen LogP contribution in [0, 0.1) is 11.6 Å². The molecule has 0 saturated heterocycles. The van der Waals surface area contributed by atoms with E-state index in [-0.39, 0.29) is 17.2 Å². The summed E-state index contributed by atoms with van der Waals surface area (Å²) in [5, 5.41) is 2.49. The minimum atomic E-state index is -1.24. The van der Waals surface area contributed by atoms with E-state index >= 15 is 0 Å². The molecule has 23 heavy (non-hydrogen) atoms. The van der Waals surface area contributed by atoms with Crippen molar-refractivity contribution in [3.05, 3.63) is 46.7 Å². The van der Waals surface area contributed by atoms with Crippen molar-refractivity contribution in [3.63, 3.8) is 0 Å². The van der Waals surface area contributed by atoms with E-state index in [1.807, 2.05) is 0 Å². The van der Waals surface area contributed by atoms with Crippen LogP contribution < -0.4 is 5.32 Å². The predicted molar refractivity (Wildman–Crippen MR) is 79.3 cm³/mol. The largest absolute Gasteiger partial charge is 0.466 e. The number of nitrogens with one attached hydrogen (secondary N) is 1. The summed E-state index contributed by atoms with van der Waals surface area (Å²) < 4.78 is 32.9. The number of hydrogen-bond donors (Lipinski definition) is 1. The van der Waals surface area contributed by atoms with Crippen molar-refractivity contribution in [1.29, 1.82) is 0 Å². The van der Waals surface area contributed by atoms with Gasteiger partial charge in [-0.3, -0.25) is 4.90 Å². The lowest BCUT2D eigenvalue weighted by atomic mass is 9.93. The lowest BCUT2D eigenvalue weighted by molar-refractivity contribution is -0.136. The molecule has 1 aromatic carbocycles. The molecular formula is C16H18F2N2O3. The molecule has 2 amide bonds. The van der Waals surface area contributed by atoms with E-state index < -0.39 is 29.7 Å². The zero-order valence-corrected chi connectivity index (χ0v) is 13.3. The Morgan fingerprint density at radius 2 is 1.87 bits per heavy atom. The van der Waals surface area contributed by atoms with Gasteiger partial charge in [0.25, 0.3) is 0 Å². The van der Waals surface area contributed by atoms with Crippen LogP contribution in [-0.2, 0) is 9.53 Å². The zero-order chi connectivity index (χ0) is 17.3. The highest BCUT2D eigenvalue weighted by Gasteiger charge is 2.39. The fourth-order valence-electron chi connectivity index (χ4n) is 2.76. The number of esters is 1. The second-order valence-corrected chi connectivity index (χ2v) is 5.47. The van der Waals surface area contributed by atoms with Crippen LogP contribution in [-0.4, -0.2) is 30.1 Å². The molecule has 2 rings (SSSR count). The zero-order valence-electron chi connectivity index (χ0n) is 13.3. The summed E-state index contributed by atoms with van der Waals surface area (Å²) in [5.74, 6) is -2.44. The summed E-state index contributed by atoms with van der Waals surface area (Å²) in [7, 11) is 1.17. The lowest BCUT2D eigenvalue weighted by Gasteiger charge is -2.37. The van der Waals surface area contributed by atoms with Crippen molar-refractivity contribution < 1.29 is 23.1 Å². The number of amides is 2. The molecule has 1 aliphatic rings. The summed E-state index contributed by atoms with van der Waals surface area (Å²) in [6.45, 7) is 5.08. The molecule has 7 heteroatoms. The number of methoxy groups -OCH3 is 1. The number of ether oxygens (including phenoxy) is 1. The number of urea groups is 1. The fraction of sp³-hybridized carbons (Fsp3) is 0.375. The quantitative estimate of drug-likeness (QED) is 0.870. The Bertz CT molecular complexity index is 666. The minimum absolute atomic E-state index is 0.00444. The van der Waals surface area contributed by atoms with E-state index in [0.29, 0.717) is 5.70 Å². The lowest BCUT2D eigenvalue weighted by Crippen LogP contribution is -2.50. The molecule has 5 nitrogen and oxygen atoms in total. The van der Waals surface area contributed by atoms with E-state index in [1.54, 1.807) is 20.8 Å². The van der Waals surface area contributed by atoms with Crippen LogP contribution in [0.4, 0.5) is 13.6 Å². The Kier molecular flexibility index (Phi) is 4.68. The van der Waals surface area contributed by atoms with Crippen molar-refractivity contribution in [2.24, 2.45) is 0 Å². The molecular weight excluding hydrogens is 306 g/mol. The first-order chi connectivity index (χ1) is 10.8. The van der Waals surface area contributed by atoms with Gasteiger partial charge in [-0.1, -0.05) is 6.07 Å². The molecule has 124 valence electrons. The number of allylic oxidation sites excluding steroid dienone is 1. The number of nitrogens with zero attached hydrogens (tertiary/aromatic N) is 1. The Morgan fingerprint density at radius 3 is 2.35 bits per heavy atom. The van der Waals surface area contributed by atoms with E-state index in [0.717, 1.165) is 12.1 Å². The van der Waals surface area contributed by atoms with E-state index in [2.05, 4.69) is 5.32 Å². The number of rotatable bonds is 3. The first-order valence-electron chi connectivity index (χ1n) is 7.12. The van der Waals surface area contributed by atoms with Crippen LogP contribution in [0.3, 0.4) is 0 Å². The average molecular weight is 324 g/mol. The number of benzene rings is 1. The molecule has 0 saturated carbocycles. The monoisotopic (exact) mass is 324 g/mol. The van der Waals surface area contributed by atoms with Crippen LogP contribution in [0.25, 0.3) is 0 Å². The van der Waals surface area contributed by atoms with Gasteiger partial charge in [0.15, 0.2) is 0 Å². The van der Waals surface area contributed by atoms with Crippen molar-refractivity contribution in [3.8, 4) is 0 Å². The molecule has 1 heterocycles. The van der Waals surface area contributed by atoms with Gasteiger partial charge in [-0.15, -0.1) is 0 Å². The van der Waals surface area contributed by atoms with Crippen LogP contribution >= 0.6 is 0 Å². The highest BCUT2D eigenvalue weighted by atomic mass is 19.1. The van der Waals surface area contributed by atoms with Gasteiger partial charge in [0.2, 0.25) is 0 Å². The smallest absolute Gasteiger partial charge is 0.337 e. The molecule has 0 unspecified atom stereocenters. The fourth-order valence-corrected chi connectivity index (χ4v) is 2.76. The van der Waals surface area contributed by atoms with Crippen LogP contribution in [0.15, 0.2) is 29.5 Å². The summed E-state index contributed by atoms with van der Waals surface area (Å²) >= 11 is 0. The maximum atomic E-state index is 14.1. The van der Waals surface area contributed by atoms with Crippen molar-refractivity contribution >= 4 is 12.0 Å². The number of carbonyl (C=O) groups is 2. The second-order valence-electron chi connectivity index (χ2n) is 5.47. The standard InChI is InChI=1S/C16H18F2N2O3/c1-8(2)20-9(3)12(15(21)23-4)14(19-16(20)22)13-10(17)6-5-7-11(13)18/h5-8,14H,1-4H3,(H,19,22)/t14-/m0/s1. The van der Waals surface area contributed by atoms with Crippen LogP contribution in [0.1, 0.15) is 32.4 Å². The molecule has 0 bridgehead atoms. The van der Waals surface area contributed by atoms with E-state index in [9.17, 15) is 18.4 Å². The molecule has 1 aromatic rings. The normalized spacial score (nSPS) is 18.3. The summed E-state index contributed by atoms with van der Waals surface area (Å²) in [6.07, 6.45) is 0. The summed E-state index contributed by atoms with van der Waals surface area (Å²) in [5.41, 5.74) is -0.0722. The SMILES string of the molecule is COC(=O)C1=C(C)N(C(C)C)C(=O)N[C@@H]1c1c(F)cccc1F. The Balaban J connectivity index is 2.68. The number of hydrogen-bond acceptors (Lipinski definition) is 3. The Labute approximate surface area is 132 Å². The van der Waals surface area contributed by atoms with Gasteiger partial charge in [-0.25, -0.2) is 18.4 Å². The highest BCUT2D eigenvalue weighted by molar-refractivity contribution is 5.95. The van der Waals surface area contributed by atoms with Crippen molar-refractivity contribution in [2.45, 2.75) is 32.9 Å². The third-order valence-corrected chi connectivity index (χ3v) is 3.74. The number of carbonyl (C=O) groups excluding carboxylic acids is 2. The van der Waals surface area contributed by atoms with Crippen molar-refractivity contribution in [2.75, 3.05) is 7.11 Å². The molecule has 0 spiro atoms. The Morgan fingerprint density at radius 1 is 1.30 bits per heavy atom. The third-order valence-electron chi connectivity index (χ3n) is 3.74. The maximum Gasteiger partial charge on any atom is 0.337 e. The molecule has 0 fully saturated rings. The molecule has 1 atom stereocenters. The third kappa shape index (κ3) is 2.91. The van der Waals surface area contributed by atoms with Crippen LogP contribution in [0.2, 0.25) is 0 Å². The molecule has 0 aromatic heterocycles. The molecule has 0 aliphatic carbocycles. The first kappa shape index (κ1) is 16.9. The van der Waals surface area contributed by atoms with E-state index in [4.69, 9.17) is 4.74 Å². The number of halogens is 2. The maximum absolute atomic E-state index is 14.1. The Hall–Kier alpha value is -2.44. The van der Waals surface area contributed by atoms with Gasteiger partial charge in [0.05, 0.1) is 24.3 Å². The topological polar surface area (TPSA) is 58.6 Å².